The van der Waals surface area contributed by atoms with Crippen LogP contribution in [0.5, 0.6) is 11.5 Å². The average molecular weight is 499 g/mol. The highest BCUT2D eigenvalue weighted by molar-refractivity contribution is 5.51. The van der Waals surface area contributed by atoms with Crippen LogP contribution in [0.1, 0.15) is 11.1 Å². The normalized spacial score (nSPS) is 13.9. The lowest BCUT2D eigenvalue weighted by Gasteiger charge is -2.27. The Balaban J connectivity index is 1.28. The minimum Gasteiger partial charge on any atom is -0.497 e. The number of methoxy groups -OCH3 is 1. The van der Waals surface area contributed by atoms with Crippen LogP contribution in [0, 0.1) is 0 Å². The van der Waals surface area contributed by atoms with E-state index in [0.29, 0.717) is 6.61 Å². The number of rotatable bonds is 11. The van der Waals surface area contributed by atoms with Crippen molar-refractivity contribution in [1.82, 2.24) is 14.7 Å². The lowest BCUT2D eigenvalue weighted by Crippen LogP contribution is -2.38. The summed E-state index contributed by atoms with van der Waals surface area (Å²) in [7, 11) is 1.70. The fourth-order valence-electron chi connectivity index (χ4n) is 4.50. The van der Waals surface area contributed by atoms with E-state index < -0.39 is 0 Å². The van der Waals surface area contributed by atoms with Gasteiger partial charge in [-0.05, 0) is 65.7 Å². The van der Waals surface area contributed by atoms with Gasteiger partial charge in [-0.1, -0.05) is 24.3 Å². The van der Waals surface area contributed by atoms with E-state index in [1.54, 1.807) is 13.3 Å². The summed E-state index contributed by atoms with van der Waals surface area (Å²) in [5.41, 5.74) is 4.61. The van der Waals surface area contributed by atoms with Crippen molar-refractivity contribution in [1.29, 1.82) is 0 Å². The highest BCUT2D eigenvalue weighted by Crippen LogP contribution is 2.25. The van der Waals surface area contributed by atoms with Crippen molar-refractivity contribution in [3.8, 4) is 17.2 Å². The van der Waals surface area contributed by atoms with E-state index in [1.807, 2.05) is 29.1 Å². The third kappa shape index (κ3) is 6.90. The highest BCUT2D eigenvalue weighted by Gasteiger charge is 2.12. The molecule has 3 aromatic carbocycles. The molecule has 0 saturated carbocycles. The monoisotopic (exact) mass is 498 g/mol. The molecule has 1 aromatic heterocycles. The number of morpholine rings is 1. The topological polar surface area (TPSA) is 52.0 Å². The van der Waals surface area contributed by atoms with Crippen molar-refractivity contribution in [2.45, 2.75) is 13.1 Å². The molecule has 1 aliphatic heterocycles. The van der Waals surface area contributed by atoms with Crippen molar-refractivity contribution < 1.29 is 14.2 Å². The number of ether oxygens (including phenoxy) is 3. The van der Waals surface area contributed by atoms with E-state index in [4.69, 9.17) is 14.2 Å². The average Bonchev–Trinajstić information content (AvgIpc) is 3.49. The molecule has 2 heterocycles. The maximum absolute atomic E-state index is 6.03. The summed E-state index contributed by atoms with van der Waals surface area (Å²) >= 11 is 0. The van der Waals surface area contributed by atoms with E-state index >= 15 is 0 Å². The fourth-order valence-corrected chi connectivity index (χ4v) is 4.50. The Bertz CT molecular complexity index is 1220. The molecule has 0 atom stereocenters. The van der Waals surface area contributed by atoms with Crippen LogP contribution in [-0.4, -0.2) is 61.2 Å². The number of hydrogen-bond acceptors (Lipinski definition) is 6. The van der Waals surface area contributed by atoms with Gasteiger partial charge in [0.25, 0.3) is 0 Å². The zero-order valence-corrected chi connectivity index (χ0v) is 21.3. The maximum atomic E-state index is 6.03. The van der Waals surface area contributed by atoms with Gasteiger partial charge in [-0.15, -0.1) is 0 Å². The Hall–Kier alpha value is -3.81. The second kappa shape index (κ2) is 12.4. The SMILES string of the molecule is COc1cccc(CN(Cc2ccc(-n3cccn3)cc2)c2ccc(OCCN3CCOCC3)cc2)c1. The molecule has 0 spiro atoms. The number of anilines is 1. The number of benzene rings is 3. The Morgan fingerprint density at radius 1 is 0.865 bits per heavy atom. The van der Waals surface area contributed by atoms with E-state index in [1.165, 1.54) is 11.1 Å². The molecule has 0 radical (unpaired) electrons. The van der Waals surface area contributed by atoms with Crippen LogP contribution in [-0.2, 0) is 17.8 Å². The maximum Gasteiger partial charge on any atom is 0.119 e. The van der Waals surface area contributed by atoms with E-state index in [-0.39, 0.29) is 0 Å². The van der Waals surface area contributed by atoms with Crippen molar-refractivity contribution >= 4 is 5.69 Å². The first-order chi connectivity index (χ1) is 18.3. The molecule has 1 saturated heterocycles. The molecule has 1 fully saturated rings. The van der Waals surface area contributed by atoms with Gasteiger partial charge in [0, 0.05) is 50.8 Å². The van der Waals surface area contributed by atoms with Gasteiger partial charge >= 0.3 is 0 Å². The molecule has 7 nitrogen and oxygen atoms in total. The molecule has 192 valence electrons. The van der Waals surface area contributed by atoms with Crippen molar-refractivity contribution in [3.63, 3.8) is 0 Å². The van der Waals surface area contributed by atoms with Crippen molar-refractivity contribution in [3.05, 3.63) is 102 Å². The van der Waals surface area contributed by atoms with Gasteiger partial charge < -0.3 is 19.1 Å². The third-order valence-electron chi connectivity index (χ3n) is 6.57. The molecule has 5 rings (SSSR count). The van der Waals surface area contributed by atoms with Crippen molar-refractivity contribution in [2.24, 2.45) is 0 Å². The molecule has 37 heavy (non-hydrogen) atoms. The summed E-state index contributed by atoms with van der Waals surface area (Å²) in [6.07, 6.45) is 3.74. The van der Waals surface area contributed by atoms with Gasteiger partial charge in [0.15, 0.2) is 0 Å². The summed E-state index contributed by atoms with van der Waals surface area (Å²) in [5.74, 6) is 1.76. The zero-order valence-electron chi connectivity index (χ0n) is 21.3. The van der Waals surface area contributed by atoms with E-state index in [2.05, 4.69) is 75.6 Å². The summed E-state index contributed by atoms with van der Waals surface area (Å²) in [6, 6.07) is 27.1. The Kier molecular flexibility index (Phi) is 8.35. The molecule has 0 aliphatic carbocycles. The van der Waals surface area contributed by atoms with Gasteiger partial charge in [0.05, 0.1) is 26.0 Å². The molecule has 0 N–H and O–H groups in total. The smallest absolute Gasteiger partial charge is 0.119 e. The third-order valence-corrected chi connectivity index (χ3v) is 6.57. The van der Waals surface area contributed by atoms with Crippen molar-refractivity contribution in [2.75, 3.05) is 51.5 Å². The zero-order chi connectivity index (χ0) is 25.3. The Morgan fingerprint density at radius 3 is 2.38 bits per heavy atom. The first-order valence-corrected chi connectivity index (χ1v) is 12.8. The molecule has 0 amide bonds. The summed E-state index contributed by atoms with van der Waals surface area (Å²) < 4.78 is 18.8. The van der Waals surface area contributed by atoms with Crippen LogP contribution in [0.25, 0.3) is 5.69 Å². The molecular formula is C30H34N4O3. The predicted octanol–water partition coefficient (Wildman–Crippen LogP) is 4.80. The molecule has 4 aromatic rings. The minimum atomic E-state index is 0.676. The molecule has 0 unspecified atom stereocenters. The Labute approximate surface area is 218 Å². The quantitative estimate of drug-likeness (QED) is 0.296. The highest BCUT2D eigenvalue weighted by atomic mass is 16.5. The molecular weight excluding hydrogens is 464 g/mol. The molecule has 0 bridgehead atoms. The second-order valence-corrected chi connectivity index (χ2v) is 9.12. The van der Waals surface area contributed by atoms with Gasteiger partial charge in [0.1, 0.15) is 18.1 Å². The summed E-state index contributed by atoms with van der Waals surface area (Å²) in [6.45, 7) is 6.70. The Morgan fingerprint density at radius 2 is 1.65 bits per heavy atom. The largest absolute Gasteiger partial charge is 0.497 e. The predicted molar refractivity (Wildman–Crippen MR) is 146 cm³/mol. The molecule has 1 aliphatic rings. The van der Waals surface area contributed by atoms with Gasteiger partial charge in [-0.2, -0.15) is 5.10 Å². The first-order valence-electron chi connectivity index (χ1n) is 12.8. The number of nitrogens with zero attached hydrogens (tertiary/aromatic N) is 4. The lowest BCUT2D eigenvalue weighted by atomic mass is 10.1. The van der Waals surface area contributed by atoms with Gasteiger partial charge in [0.2, 0.25) is 0 Å². The molecule has 7 heteroatoms. The second-order valence-electron chi connectivity index (χ2n) is 9.12. The van der Waals surface area contributed by atoms with Crippen LogP contribution >= 0.6 is 0 Å². The van der Waals surface area contributed by atoms with Crippen LogP contribution in [0.15, 0.2) is 91.3 Å². The minimum absolute atomic E-state index is 0.676. The number of hydrogen-bond donors (Lipinski definition) is 0. The summed E-state index contributed by atoms with van der Waals surface area (Å²) in [5, 5.41) is 4.33. The number of aromatic nitrogens is 2. The summed E-state index contributed by atoms with van der Waals surface area (Å²) in [4.78, 5) is 4.75. The van der Waals surface area contributed by atoms with Gasteiger partial charge in [-0.3, -0.25) is 4.90 Å². The van der Waals surface area contributed by atoms with Crippen LogP contribution in [0.4, 0.5) is 5.69 Å². The van der Waals surface area contributed by atoms with E-state index in [9.17, 15) is 0 Å². The van der Waals surface area contributed by atoms with Crippen LogP contribution in [0.2, 0.25) is 0 Å². The van der Waals surface area contributed by atoms with Crippen LogP contribution in [0.3, 0.4) is 0 Å². The van der Waals surface area contributed by atoms with Crippen LogP contribution < -0.4 is 14.4 Å². The van der Waals surface area contributed by atoms with Gasteiger partial charge in [-0.25, -0.2) is 4.68 Å². The lowest BCUT2D eigenvalue weighted by molar-refractivity contribution is 0.0322. The first kappa shape index (κ1) is 24.9. The fraction of sp³-hybridized carbons (Fsp3) is 0.300. The standard InChI is InChI=1S/C30H34N4O3/c1-35-30-5-2-4-26(22-30)24-33(23-25-6-8-28(9-7-25)34-15-3-14-31-34)27-10-12-29(13-11-27)37-21-18-32-16-19-36-20-17-32/h2-15,22H,16-21,23-24H2,1H3. The van der Waals surface area contributed by atoms with E-state index in [0.717, 1.165) is 68.8 Å².